The van der Waals surface area contributed by atoms with Crippen molar-refractivity contribution in [2.24, 2.45) is 4.99 Å². The average Bonchev–Trinajstić information content (AvgIpc) is 2.04. The number of carbonyl (C=O) groups is 1. The van der Waals surface area contributed by atoms with E-state index < -0.39 is 5.97 Å². The van der Waals surface area contributed by atoms with E-state index in [1.54, 1.807) is 12.1 Å². The summed E-state index contributed by atoms with van der Waals surface area (Å²) in [5.41, 5.74) is 6.09. The molecule has 0 fully saturated rings. The van der Waals surface area contributed by atoms with Crippen LogP contribution in [-0.4, -0.2) is 17.8 Å². The molecule has 0 saturated carbocycles. The highest BCUT2D eigenvalue weighted by molar-refractivity contribution is 5.96. The molecule has 0 aliphatic heterocycles. The Morgan fingerprint density at radius 1 is 1.58 bits per heavy atom. The molecule has 0 amide bonds. The van der Waals surface area contributed by atoms with E-state index in [0.29, 0.717) is 5.69 Å². The number of carboxylic acids is 1. The first-order valence-corrected chi connectivity index (χ1v) is 3.25. The Kier molecular flexibility index (Phi) is 2.09. The van der Waals surface area contributed by atoms with Crippen LogP contribution in [0.25, 0.3) is 0 Å². The number of nitrogens with zero attached hydrogens (tertiary/aromatic N) is 1. The topological polar surface area (TPSA) is 75.7 Å². The van der Waals surface area contributed by atoms with E-state index in [9.17, 15) is 4.79 Å². The van der Waals surface area contributed by atoms with Crippen LogP contribution in [-0.2, 0) is 0 Å². The van der Waals surface area contributed by atoms with Gasteiger partial charge in [0.1, 0.15) is 0 Å². The van der Waals surface area contributed by atoms with Gasteiger partial charge >= 0.3 is 5.97 Å². The largest absolute Gasteiger partial charge is 0.478 e. The Hall–Kier alpha value is -1.84. The number of aliphatic imine (C=N–C) groups is 1. The third-order valence-electron chi connectivity index (χ3n) is 1.48. The predicted molar refractivity (Wildman–Crippen MR) is 47.0 cm³/mol. The average molecular weight is 164 g/mol. The van der Waals surface area contributed by atoms with E-state index in [1.165, 1.54) is 6.07 Å². The molecule has 1 aromatic rings. The van der Waals surface area contributed by atoms with E-state index >= 15 is 0 Å². The molecule has 4 nitrogen and oxygen atoms in total. The number of anilines is 1. The molecule has 0 bridgehead atoms. The quantitative estimate of drug-likeness (QED) is 0.511. The highest BCUT2D eigenvalue weighted by Gasteiger charge is 2.09. The van der Waals surface area contributed by atoms with E-state index in [2.05, 4.69) is 11.7 Å². The first-order valence-electron chi connectivity index (χ1n) is 3.25. The predicted octanol–water partition coefficient (Wildman–Crippen LogP) is 1.30. The van der Waals surface area contributed by atoms with Crippen molar-refractivity contribution >= 4 is 24.1 Å². The SMILES string of the molecule is C=Nc1cccc(C(=O)O)c1N. The number of carboxylic acid groups (broad SMARTS) is 1. The monoisotopic (exact) mass is 164 g/mol. The fourth-order valence-corrected chi connectivity index (χ4v) is 0.877. The molecule has 3 N–H and O–H groups in total. The first kappa shape index (κ1) is 8.26. The van der Waals surface area contributed by atoms with Crippen molar-refractivity contribution in [3.05, 3.63) is 23.8 Å². The van der Waals surface area contributed by atoms with Gasteiger partial charge in [-0.25, -0.2) is 4.79 Å². The number of benzene rings is 1. The Morgan fingerprint density at radius 3 is 2.75 bits per heavy atom. The second-order valence-electron chi connectivity index (χ2n) is 2.20. The molecule has 0 heterocycles. The van der Waals surface area contributed by atoms with Gasteiger partial charge in [-0.3, -0.25) is 4.99 Å². The van der Waals surface area contributed by atoms with E-state index in [-0.39, 0.29) is 11.3 Å². The third kappa shape index (κ3) is 1.27. The van der Waals surface area contributed by atoms with Gasteiger partial charge in [-0.2, -0.15) is 0 Å². The fourth-order valence-electron chi connectivity index (χ4n) is 0.877. The van der Waals surface area contributed by atoms with Crippen molar-refractivity contribution in [2.75, 3.05) is 5.73 Å². The Balaban J connectivity index is 3.32. The Morgan fingerprint density at radius 2 is 2.25 bits per heavy atom. The van der Waals surface area contributed by atoms with Crippen LogP contribution in [0.1, 0.15) is 10.4 Å². The molecule has 12 heavy (non-hydrogen) atoms. The van der Waals surface area contributed by atoms with Crippen LogP contribution >= 0.6 is 0 Å². The fraction of sp³-hybridized carbons (Fsp3) is 0. The van der Waals surface area contributed by atoms with Crippen LogP contribution in [0.3, 0.4) is 0 Å². The molecule has 0 aromatic heterocycles. The number of hydrogen-bond acceptors (Lipinski definition) is 3. The van der Waals surface area contributed by atoms with Crippen molar-refractivity contribution in [2.45, 2.75) is 0 Å². The van der Waals surface area contributed by atoms with Gasteiger partial charge in [-0.15, -0.1) is 0 Å². The number of hydrogen-bond donors (Lipinski definition) is 2. The molecule has 62 valence electrons. The summed E-state index contributed by atoms with van der Waals surface area (Å²) in [7, 11) is 0. The van der Waals surface area contributed by atoms with Gasteiger partial charge in [0.2, 0.25) is 0 Å². The minimum atomic E-state index is -1.06. The van der Waals surface area contributed by atoms with Crippen LogP contribution in [0.15, 0.2) is 23.2 Å². The summed E-state index contributed by atoms with van der Waals surface area (Å²) in [5.74, 6) is -1.06. The van der Waals surface area contributed by atoms with Crippen molar-refractivity contribution in [1.82, 2.24) is 0 Å². The molecule has 1 rings (SSSR count). The van der Waals surface area contributed by atoms with Crippen LogP contribution in [0.2, 0.25) is 0 Å². The van der Waals surface area contributed by atoms with Crippen molar-refractivity contribution in [3.8, 4) is 0 Å². The van der Waals surface area contributed by atoms with Gasteiger partial charge in [-0.1, -0.05) is 6.07 Å². The van der Waals surface area contributed by atoms with Gasteiger partial charge in [0.15, 0.2) is 0 Å². The lowest BCUT2D eigenvalue weighted by atomic mass is 10.1. The smallest absolute Gasteiger partial charge is 0.337 e. The molecule has 0 aliphatic carbocycles. The molecular formula is C8H8N2O2. The Labute approximate surface area is 69.4 Å². The molecule has 0 aliphatic rings. The molecule has 4 heteroatoms. The summed E-state index contributed by atoms with van der Waals surface area (Å²) < 4.78 is 0. The van der Waals surface area contributed by atoms with Gasteiger partial charge in [0, 0.05) is 0 Å². The highest BCUT2D eigenvalue weighted by Crippen LogP contribution is 2.24. The lowest BCUT2D eigenvalue weighted by Gasteiger charge is -2.02. The van der Waals surface area contributed by atoms with Crippen molar-refractivity contribution in [3.63, 3.8) is 0 Å². The molecule has 0 radical (unpaired) electrons. The van der Waals surface area contributed by atoms with Crippen LogP contribution in [0.4, 0.5) is 11.4 Å². The molecular weight excluding hydrogens is 156 g/mol. The van der Waals surface area contributed by atoms with E-state index in [1.807, 2.05) is 0 Å². The summed E-state index contributed by atoms with van der Waals surface area (Å²) >= 11 is 0. The summed E-state index contributed by atoms with van der Waals surface area (Å²) in [6.07, 6.45) is 0. The first-order chi connectivity index (χ1) is 5.66. The van der Waals surface area contributed by atoms with Crippen LogP contribution < -0.4 is 5.73 Å². The zero-order valence-electron chi connectivity index (χ0n) is 6.32. The number of nitrogens with two attached hydrogens (primary N) is 1. The summed E-state index contributed by atoms with van der Waals surface area (Å²) in [4.78, 5) is 14.1. The zero-order valence-corrected chi connectivity index (χ0v) is 6.32. The van der Waals surface area contributed by atoms with E-state index in [0.717, 1.165) is 0 Å². The second kappa shape index (κ2) is 3.04. The molecule has 0 atom stereocenters. The minimum absolute atomic E-state index is 0.0555. The number of rotatable bonds is 2. The van der Waals surface area contributed by atoms with Crippen molar-refractivity contribution in [1.29, 1.82) is 0 Å². The summed E-state index contributed by atoms with van der Waals surface area (Å²) in [5, 5.41) is 8.64. The lowest BCUT2D eigenvalue weighted by Crippen LogP contribution is -2.01. The molecule has 0 spiro atoms. The maximum absolute atomic E-state index is 10.5. The molecule has 1 aromatic carbocycles. The van der Waals surface area contributed by atoms with Crippen LogP contribution in [0.5, 0.6) is 0 Å². The van der Waals surface area contributed by atoms with Gasteiger partial charge in [-0.05, 0) is 18.9 Å². The second-order valence-corrected chi connectivity index (χ2v) is 2.20. The Bertz CT molecular complexity index is 334. The zero-order chi connectivity index (χ0) is 9.14. The van der Waals surface area contributed by atoms with E-state index in [4.69, 9.17) is 10.8 Å². The van der Waals surface area contributed by atoms with Crippen molar-refractivity contribution < 1.29 is 9.90 Å². The normalized spacial score (nSPS) is 9.33. The standard InChI is InChI=1S/C8H8N2O2/c1-10-6-4-2-3-5(7(6)9)8(11)12/h2-4H,1,9H2,(H,11,12). The number of para-hydroxylation sites is 1. The molecule has 0 unspecified atom stereocenters. The van der Waals surface area contributed by atoms with Gasteiger partial charge < -0.3 is 10.8 Å². The highest BCUT2D eigenvalue weighted by atomic mass is 16.4. The number of aromatic carboxylic acids is 1. The van der Waals surface area contributed by atoms with Gasteiger partial charge in [0.05, 0.1) is 16.9 Å². The summed E-state index contributed by atoms with van der Waals surface area (Å²) in [6.45, 7) is 3.27. The molecule has 0 saturated heterocycles. The number of nitrogen functional groups attached to an aromatic ring is 1. The van der Waals surface area contributed by atoms with Crippen LogP contribution in [0, 0.1) is 0 Å². The maximum Gasteiger partial charge on any atom is 0.337 e. The lowest BCUT2D eigenvalue weighted by molar-refractivity contribution is 0.0698. The maximum atomic E-state index is 10.5. The summed E-state index contributed by atoms with van der Waals surface area (Å²) in [6, 6.07) is 4.60. The van der Waals surface area contributed by atoms with Gasteiger partial charge in [0.25, 0.3) is 0 Å². The minimum Gasteiger partial charge on any atom is -0.478 e. The third-order valence-corrected chi connectivity index (χ3v) is 1.48.